The molecule has 0 spiro atoms. The zero-order valence-electron chi connectivity index (χ0n) is 9.48. The molecule has 2 aromatic rings. The van der Waals surface area contributed by atoms with E-state index in [4.69, 9.17) is 0 Å². The molecular weight excluding hydrogens is 278 g/mol. The lowest BCUT2D eigenvalue weighted by Gasteiger charge is -2.01. The molecule has 1 heterocycles. The lowest BCUT2D eigenvalue weighted by atomic mass is 10.1. The van der Waals surface area contributed by atoms with Crippen LogP contribution in [-0.4, -0.2) is 10.8 Å². The number of halogens is 1. The minimum absolute atomic E-state index is 0.0429. The van der Waals surface area contributed by atoms with Crippen LogP contribution in [0.15, 0.2) is 47.1 Å². The molecule has 0 N–H and O–H groups in total. The highest BCUT2D eigenvalue weighted by molar-refractivity contribution is 9.10. The van der Waals surface area contributed by atoms with Crippen LogP contribution in [0.25, 0.3) is 0 Å². The minimum atomic E-state index is 0.0429. The first-order chi connectivity index (χ1) is 8.15. The molecule has 0 fully saturated rings. The van der Waals surface area contributed by atoms with Crippen molar-refractivity contribution in [2.24, 2.45) is 0 Å². The van der Waals surface area contributed by atoms with E-state index >= 15 is 0 Å². The fraction of sp³-hybridized carbons (Fsp3) is 0.143. The highest BCUT2D eigenvalue weighted by Gasteiger charge is 2.07. The van der Waals surface area contributed by atoms with E-state index in [2.05, 4.69) is 20.9 Å². The van der Waals surface area contributed by atoms with Crippen LogP contribution in [0.4, 0.5) is 0 Å². The third-order valence-corrected chi connectivity index (χ3v) is 2.97. The Balaban J connectivity index is 2.11. The van der Waals surface area contributed by atoms with E-state index < -0.39 is 0 Å². The Hall–Kier alpha value is -1.48. The highest BCUT2D eigenvalue weighted by Crippen LogP contribution is 2.10. The van der Waals surface area contributed by atoms with Gasteiger partial charge in [-0.3, -0.25) is 9.78 Å². The second-order valence-electron chi connectivity index (χ2n) is 3.95. The van der Waals surface area contributed by atoms with Gasteiger partial charge >= 0.3 is 0 Å². The van der Waals surface area contributed by atoms with Crippen molar-refractivity contribution in [1.82, 2.24) is 4.98 Å². The van der Waals surface area contributed by atoms with Gasteiger partial charge in [0.2, 0.25) is 0 Å². The van der Waals surface area contributed by atoms with Crippen molar-refractivity contribution in [2.45, 2.75) is 13.3 Å². The number of nitrogens with zero attached hydrogens (tertiary/aromatic N) is 1. The Morgan fingerprint density at radius 3 is 2.47 bits per heavy atom. The number of benzene rings is 1. The summed E-state index contributed by atoms with van der Waals surface area (Å²) in [6.07, 6.45) is 2.04. The van der Waals surface area contributed by atoms with Crippen molar-refractivity contribution in [3.63, 3.8) is 0 Å². The third-order valence-electron chi connectivity index (χ3n) is 2.50. The molecule has 17 heavy (non-hydrogen) atoms. The van der Waals surface area contributed by atoms with Gasteiger partial charge in [-0.1, -0.05) is 29.8 Å². The predicted molar refractivity (Wildman–Crippen MR) is 71.2 cm³/mol. The maximum atomic E-state index is 11.9. The minimum Gasteiger partial charge on any atom is -0.292 e. The van der Waals surface area contributed by atoms with Crippen molar-refractivity contribution in [1.29, 1.82) is 0 Å². The van der Waals surface area contributed by atoms with Crippen LogP contribution in [0.2, 0.25) is 0 Å². The van der Waals surface area contributed by atoms with Gasteiger partial charge in [-0.2, -0.15) is 0 Å². The molecule has 2 nitrogen and oxygen atoms in total. The van der Waals surface area contributed by atoms with Gasteiger partial charge in [0.15, 0.2) is 5.78 Å². The van der Waals surface area contributed by atoms with Crippen molar-refractivity contribution < 1.29 is 4.79 Å². The third kappa shape index (κ3) is 3.24. The average Bonchev–Trinajstić information content (AvgIpc) is 2.33. The van der Waals surface area contributed by atoms with Crippen LogP contribution in [0.1, 0.15) is 21.6 Å². The lowest BCUT2D eigenvalue weighted by Crippen LogP contribution is -2.05. The second-order valence-corrected chi connectivity index (χ2v) is 4.86. The molecule has 0 radical (unpaired) electrons. The number of carbonyl (C=O) groups excluding carboxylic acids is 1. The largest absolute Gasteiger partial charge is 0.292 e. The summed E-state index contributed by atoms with van der Waals surface area (Å²) < 4.78 is 0.879. The summed E-state index contributed by atoms with van der Waals surface area (Å²) in [6, 6.07) is 11.5. The number of pyridine rings is 1. The quantitative estimate of drug-likeness (QED) is 0.809. The maximum Gasteiger partial charge on any atom is 0.185 e. The molecule has 2 rings (SSSR count). The summed E-state index contributed by atoms with van der Waals surface area (Å²) in [7, 11) is 0. The first-order valence-electron chi connectivity index (χ1n) is 5.35. The molecule has 0 unspecified atom stereocenters. The van der Waals surface area contributed by atoms with Gasteiger partial charge in [0.05, 0.1) is 0 Å². The molecule has 1 aromatic heterocycles. The highest BCUT2D eigenvalue weighted by atomic mass is 79.9. The monoisotopic (exact) mass is 289 g/mol. The smallest absolute Gasteiger partial charge is 0.185 e. The van der Waals surface area contributed by atoms with Gasteiger partial charge in [-0.25, -0.2) is 0 Å². The SMILES string of the molecule is Cc1ccc(CC(=O)c2ccc(Br)cn2)cc1. The van der Waals surface area contributed by atoms with Crippen LogP contribution in [0.3, 0.4) is 0 Å². The van der Waals surface area contributed by atoms with Gasteiger partial charge in [0, 0.05) is 17.1 Å². The normalized spacial score (nSPS) is 10.2. The molecule has 0 aliphatic carbocycles. The standard InChI is InChI=1S/C14H12BrNO/c1-10-2-4-11(5-3-10)8-14(17)13-7-6-12(15)9-16-13/h2-7,9H,8H2,1H3. The van der Waals surface area contributed by atoms with Crippen LogP contribution in [0.5, 0.6) is 0 Å². The molecule has 0 amide bonds. The van der Waals surface area contributed by atoms with Gasteiger partial charge < -0.3 is 0 Å². The molecular formula is C14H12BrNO. The summed E-state index contributed by atoms with van der Waals surface area (Å²) >= 11 is 3.30. The topological polar surface area (TPSA) is 30.0 Å². The van der Waals surface area contributed by atoms with E-state index in [-0.39, 0.29) is 5.78 Å². The van der Waals surface area contributed by atoms with Crippen molar-refractivity contribution in [2.75, 3.05) is 0 Å². The van der Waals surface area contributed by atoms with Crippen LogP contribution in [-0.2, 0) is 6.42 Å². The molecule has 0 aliphatic heterocycles. The maximum absolute atomic E-state index is 11.9. The summed E-state index contributed by atoms with van der Waals surface area (Å²) in [5, 5.41) is 0. The number of hydrogen-bond acceptors (Lipinski definition) is 2. The summed E-state index contributed by atoms with van der Waals surface area (Å²) in [5.41, 5.74) is 2.72. The van der Waals surface area contributed by atoms with Gasteiger partial charge in [0.1, 0.15) is 5.69 Å². The van der Waals surface area contributed by atoms with Crippen molar-refractivity contribution in [3.8, 4) is 0 Å². The Labute approximate surface area is 109 Å². The first kappa shape index (κ1) is 12.0. The Kier molecular flexibility index (Phi) is 3.69. The van der Waals surface area contributed by atoms with E-state index in [0.717, 1.165) is 10.0 Å². The number of hydrogen-bond donors (Lipinski definition) is 0. The summed E-state index contributed by atoms with van der Waals surface area (Å²) in [4.78, 5) is 16.0. The van der Waals surface area contributed by atoms with Crippen LogP contribution in [0, 0.1) is 6.92 Å². The first-order valence-corrected chi connectivity index (χ1v) is 6.15. The lowest BCUT2D eigenvalue weighted by molar-refractivity contribution is 0.0988. The number of aryl methyl sites for hydroxylation is 1. The van der Waals surface area contributed by atoms with Gasteiger partial charge in [-0.15, -0.1) is 0 Å². The zero-order valence-corrected chi connectivity index (χ0v) is 11.1. The van der Waals surface area contributed by atoms with E-state index in [1.807, 2.05) is 37.3 Å². The number of carbonyl (C=O) groups is 1. The van der Waals surface area contributed by atoms with Crippen molar-refractivity contribution >= 4 is 21.7 Å². The van der Waals surface area contributed by atoms with Gasteiger partial charge in [-0.05, 0) is 40.5 Å². The number of ketones is 1. The molecule has 3 heteroatoms. The predicted octanol–water partition coefficient (Wildman–Crippen LogP) is 3.58. The summed E-state index contributed by atoms with van der Waals surface area (Å²) in [6.45, 7) is 2.03. The van der Waals surface area contributed by atoms with Gasteiger partial charge in [0.25, 0.3) is 0 Å². The van der Waals surface area contributed by atoms with E-state index in [1.165, 1.54) is 5.56 Å². The van der Waals surface area contributed by atoms with Crippen LogP contribution < -0.4 is 0 Å². The zero-order chi connectivity index (χ0) is 12.3. The second kappa shape index (κ2) is 5.23. The number of rotatable bonds is 3. The summed E-state index contributed by atoms with van der Waals surface area (Å²) in [5.74, 6) is 0.0429. The molecule has 0 saturated carbocycles. The number of aromatic nitrogens is 1. The Morgan fingerprint density at radius 2 is 1.88 bits per heavy atom. The van der Waals surface area contributed by atoms with E-state index in [0.29, 0.717) is 12.1 Å². The number of Topliss-reactive ketones (excluding diaryl/α,β-unsaturated/α-hetero) is 1. The average molecular weight is 290 g/mol. The molecule has 0 bridgehead atoms. The van der Waals surface area contributed by atoms with E-state index in [9.17, 15) is 4.79 Å². The Bertz CT molecular complexity index is 517. The molecule has 1 aromatic carbocycles. The molecule has 86 valence electrons. The fourth-order valence-corrected chi connectivity index (χ4v) is 1.76. The van der Waals surface area contributed by atoms with E-state index in [1.54, 1.807) is 12.3 Å². The van der Waals surface area contributed by atoms with Crippen molar-refractivity contribution in [3.05, 3.63) is 63.9 Å². The molecule has 0 aliphatic rings. The fourth-order valence-electron chi connectivity index (χ4n) is 1.52. The van der Waals surface area contributed by atoms with Crippen LogP contribution >= 0.6 is 15.9 Å². The Morgan fingerprint density at radius 1 is 1.18 bits per heavy atom. The molecule has 0 saturated heterocycles. The molecule has 0 atom stereocenters.